The highest BCUT2D eigenvalue weighted by atomic mass is 35.5. The van der Waals surface area contributed by atoms with Gasteiger partial charge in [-0.25, -0.2) is 0 Å². The summed E-state index contributed by atoms with van der Waals surface area (Å²) in [4.78, 5) is 0. The van der Waals surface area contributed by atoms with Gasteiger partial charge in [0.1, 0.15) is 0 Å². The van der Waals surface area contributed by atoms with Gasteiger partial charge in [0.05, 0.1) is 28.3 Å². The first kappa shape index (κ1) is 15.0. The number of hydrogen-bond donors (Lipinski definition) is 1. The van der Waals surface area contributed by atoms with E-state index in [0.717, 1.165) is 6.42 Å². The van der Waals surface area contributed by atoms with Crippen LogP contribution in [0.1, 0.15) is 31.2 Å². The Kier molecular flexibility index (Phi) is 4.44. The summed E-state index contributed by atoms with van der Waals surface area (Å²) < 4.78 is 39.0. The van der Waals surface area contributed by atoms with E-state index in [4.69, 9.17) is 16.9 Å². The fourth-order valence-electron chi connectivity index (χ4n) is 2.60. The van der Waals surface area contributed by atoms with Crippen LogP contribution in [-0.4, -0.2) is 12.2 Å². The summed E-state index contributed by atoms with van der Waals surface area (Å²) in [6.07, 6.45) is -2.26. The van der Waals surface area contributed by atoms with E-state index in [-0.39, 0.29) is 6.42 Å². The topological polar surface area (TPSA) is 35.8 Å². The monoisotopic (exact) mass is 302 g/mol. The maximum atomic E-state index is 13.0. The summed E-state index contributed by atoms with van der Waals surface area (Å²) in [7, 11) is 0. The number of anilines is 1. The second-order valence-corrected chi connectivity index (χ2v) is 5.40. The molecule has 0 radical (unpaired) electrons. The lowest BCUT2D eigenvalue weighted by molar-refractivity contribution is -0.184. The van der Waals surface area contributed by atoms with Crippen molar-refractivity contribution in [2.24, 2.45) is 5.92 Å². The van der Waals surface area contributed by atoms with Crippen molar-refractivity contribution >= 4 is 17.3 Å². The maximum Gasteiger partial charge on any atom is 0.393 e. The molecule has 1 N–H and O–H groups in total. The summed E-state index contributed by atoms with van der Waals surface area (Å²) in [5.74, 6) is -1.36. The number of halogens is 4. The van der Waals surface area contributed by atoms with Crippen LogP contribution in [0.4, 0.5) is 18.9 Å². The fourth-order valence-corrected chi connectivity index (χ4v) is 2.77. The number of nitriles is 1. The van der Waals surface area contributed by atoms with Gasteiger partial charge in [-0.05, 0) is 31.0 Å². The van der Waals surface area contributed by atoms with Gasteiger partial charge < -0.3 is 5.32 Å². The standard InChI is InChI=1S/C14H14ClF3N2/c15-11-6-5-9(8-19)7-13(11)20-12-4-2-1-3-10(12)14(16,17)18/h5-7,10,12,20H,1-4H2. The van der Waals surface area contributed by atoms with E-state index in [1.807, 2.05) is 6.07 Å². The zero-order valence-corrected chi connectivity index (χ0v) is 11.4. The smallest absolute Gasteiger partial charge is 0.380 e. The van der Waals surface area contributed by atoms with Crippen LogP contribution < -0.4 is 5.32 Å². The first-order chi connectivity index (χ1) is 9.41. The molecule has 108 valence electrons. The summed E-state index contributed by atoms with van der Waals surface area (Å²) in [5, 5.41) is 12.0. The van der Waals surface area contributed by atoms with Crippen molar-refractivity contribution in [2.45, 2.75) is 37.9 Å². The molecule has 2 rings (SSSR count). The molecule has 0 bridgehead atoms. The second-order valence-electron chi connectivity index (χ2n) is 4.99. The third kappa shape index (κ3) is 3.37. The number of nitrogens with zero attached hydrogens (tertiary/aromatic N) is 1. The van der Waals surface area contributed by atoms with E-state index in [1.54, 1.807) is 0 Å². The van der Waals surface area contributed by atoms with Crippen molar-refractivity contribution < 1.29 is 13.2 Å². The molecule has 1 aromatic carbocycles. The van der Waals surface area contributed by atoms with E-state index >= 15 is 0 Å². The van der Waals surface area contributed by atoms with Gasteiger partial charge in [0.15, 0.2) is 0 Å². The number of rotatable bonds is 2. The minimum Gasteiger partial charge on any atom is -0.380 e. The molecule has 20 heavy (non-hydrogen) atoms. The van der Waals surface area contributed by atoms with E-state index < -0.39 is 18.1 Å². The van der Waals surface area contributed by atoms with Crippen molar-refractivity contribution in [3.63, 3.8) is 0 Å². The lowest BCUT2D eigenvalue weighted by Gasteiger charge is -2.34. The summed E-state index contributed by atoms with van der Waals surface area (Å²) in [5.41, 5.74) is 0.767. The highest BCUT2D eigenvalue weighted by Crippen LogP contribution is 2.39. The molecule has 1 aliphatic rings. The highest BCUT2D eigenvalue weighted by molar-refractivity contribution is 6.33. The van der Waals surface area contributed by atoms with E-state index in [2.05, 4.69) is 5.32 Å². The largest absolute Gasteiger partial charge is 0.393 e. The van der Waals surface area contributed by atoms with Gasteiger partial charge in [0.2, 0.25) is 0 Å². The Bertz CT molecular complexity index is 522. The normalized spacial score (nSPS) is 23.1. The maximum absolute atomic E-state index is 13.0. The fraction of sp³-hybridized carbons (Fsp3) is 0.500. The van der Waals surface area contributed by atoms with E-state index in [9.17, 15) is 13.2 Å². The molecule has 2 atom stereocenters. The van der Waals surface area contributed by atoms with Crippen LogP contribution in [0.25, 0.3) is 0 Å². The van der Waals surface area contributed by atoms with Crippen molar-refractivity contribution in [1.82, 2.24) is 0 Å². The summed E-state index contributed by atoms with van der Waals surface area (Å²) in [6, 6.07) is 5.82. The third-order valence-corrected chi connectivity index (χ3v) is 3.95. The minimum absolute atomic E-state index is 0.136. The van der Waals surface area contributed by atoms with Crippen LogP contribution in [-0.2, 0) is 0 Å². The van der Waals surface area contributed by atoms with Crippen LogP contribution in [0.15, 0.2) is 18.2 Å². The Hall–Kier alpha value is -1.41. The molecular weight excluding hydrogens is 289 g/mol. The Morgan fingerprint density at radius 2 is 1.95 bits per heavy atom. The molecule has 0 saturated heterocycles. The van der Waals surface area contributed by atoms with E-state index in [1.165, 1.54) is 18.2 Å². The first-order valence-electron chi connectivity index (χ1n) is 6.44. The molecule has 6 heteroatoms. The molecule has 0 spiro atoms. The Morgan fingerprint density at radius 3 is 2.60 bits per heavy atom. The van der Waals surface area contributed by atoms with Crippen LogP contribution in [0, 0.1) is 17.2 Å². The quantitative estimate of drug-likeness (QED) is 0.856. The van der Waals surface area contributed by atoms with Crippen LogP contribution in [0.5, 0.6) is 0 Å². The molecule has 1 saturated carbocycles. The van der Waals surface area contributed by atoms with Gasteiger partial charge >= 0.3 is 6.18 Å². The summed E-state index contributed by atoms with van der Waals surface area (Å²) >= 11 is 5.98. The van der Waals surface area contributed by atoms with Gasteiger partial charge in [-0.2, -0.15) is 18.4 Å². The van der Waals surface area contributed by atoms with Gasteiger partial charge in [0, 0.05) is 6.04 Å². The molecular formula is C14H14ClF3N2. The van der Waals surface area contributed by atoms with E-state index in [0.29, 0.717) is 29.1 Å². The molecule has 0 aromatic heterocycles. The second kappa shape index (κ2) is 5.92. The number of alkyl halides is 3. The molecule has 1 fully saturated rings. The lowest BCUT2D eigenvalue weighted by Crippen LogP contribution is -2.41. The molecule has 2 unspecified atom stereocenters. The molecule has 1 aliphatic carbocycles. The average Bonchev–Trinajstić information content (AvgIpc) is 2.41. The van der Waals surface area contributed by atoms with Crippen molar-refractivity contribution in [3.8, 4) is 6.07 Å². The SMILES string of the molecule is N#Cc1ccc(Cl)c(NC2CCCCC2C(F)(F)F)c1. The number of nitrogens with one attached hydrogen (secondary N) is 1. The third-order valence-electron chi connectivity index (χ3n) is 3.62. The number of benzene rings is 1. The molecule has 0 amide bonds. The predicted octanol–water partition coefficient (Wildman–Crippen LogP) is 4.74. The van der Waals surface area contributed by atoms with Crippen molar-refractivity contribution in [2.75, 3.05) is 5.32 Å². The molecule has 2 nitrogen and oxygen atoms in total. The van der Waals surface area contributed by atoms with Gasteiger partial charge in [-0.15, -0.1) is 0 Å². The highest BCUT2D eigenvalue weighted by Gasteiger charge is 2.45. The van der Waals surface area contributed by atoms with Crippen LogP contribution >= 0.6 is 11.6 Å². The lowest BCUT2D eigenvalue weighted by atomic mass is 9.84. The van der Waals surface area contributed by atoms with Crippen LogP contribution in [0.3, 0.4) is 0 Å². The minimum atomic E-state index is -4.21. The van der Waals surface area contributed by atoms with Gasteiger partial charge in [0.25, 0.3) is 0 Å². The van der Waals surface area contributed by atoms with Crippen molar-refractivity contribution in [3.05, 3.63) is 28.8 Å². The first-order valence-corrected chi connectivity index (χ1v) is 6.82. The number of hydrogen-bond acceptors (Lipinski definition) is 2. The molecule has 0 aliphatic heterocycles. The van der Waals surface area contributed by atoms with Gasteiger partial charge in [-0.3, -0.25) is 0 Å². The van der Waals surface area contributed by atoms with Crippen molar-refractivity contribution in [1.29, 1.82) is 5.26 Å². The Morgan fingerprint density at radius 1 is 1.25 bits per heavy atom. The summed E-state index contributed by atoms with van der Waals surface area (Å²) in [6.45, 7) is 0. The Labute approximate surface area is 120 Å². The zero-order chi connectivity index (χ0) is 14.8. The molecule has 1 aromatic rings. The Balaban J connectivity index is 2.21. The molecule has 0 heterocycles. The zero-order valence-electron chi connectivity index (χ0n) is 10.7. The predicted molar refractivity (Wildman–Crippen MR) is 71.6 cm³/mol. The van der Waals surface area contributed by atoms with Crippen LogP contribution in [0.2, 0.25) is 5.02 Å². The average molecular weight is 303 g/mol. The van der Waals surface area contributed by atoms with Gasteiger partial charge in [-0.1, -0.05) is 24.4 Å².